The minimum absolute atomic E-state index is 0.351. The highest BCUT2D eigenvalue weighted by Crippen LogP contribution is 2.20. The number of hydrogen-bond acceptors (Lipinski definition) is 3. The van der Waals surface area contributed by atoms with Gasteiger partial charge in [0.05, 0.1) is 11.7 Å². The van der Waals surface area contributed by atoms with Crippen LogP contribution in [-0.2, 0) is 4.79 Å². The molecule has 0 aromatic heterocycles. The first-order valence-corrected chi connectivity index (χ1v) is 6.40. The van der Waals surface area contributed by atoms with E-state index in [-0.39, 0.29) is 5.69 Å². The van der Waals surface area contributed by atoms with E-state index in [1.807, 2.05) is 4.90 Å². The Labute approximate surface area is 114 Å². The average Bonchev–Trinajstić information content (AvgIpc) is 2.48. The highest BCUT2D eigenvalue weighted by Gasteiger charge is 2.24. The van der Waals surface area contributed by atoms with Crippen LogP contribution in [0.1, 0.15) is 6.92 Å². The Kier molecular flexibility index (Phi) is 4.61. The number of benzene rings is 1. The lowest BCUT2D eigenvalue weighted by Gasteiger charge is -2.31. The molecule has 1 aliphatic rings. The van der Waals surface area contributed by atoms with Gasteiger partial charge in [-0.25, -0.2) is 13.2 Å². The highest BCUT2D eigenvalue weighted by atomic mass is 19.2. The van der Waals surface area contributed by atoms with Crippen molar-refractivity contribution in [3.05, 3.63) is 29.6 Å². The molecular formula is C13H16F3N3O. The lowest BCUT2D eigenvalue weighted by Crippen LogP contribution is -2.51. The number of nitrogens with zero attached hydrogens (tertiary/aromatic N) is 1. The molecule has 1 amide bonds. The quantitative estimate of drug-likeness (QED) is 0.825. The molecule has 1 fully saturated rings. The van der Waals surface area contributed by atoms with Crippen molar-refractivity contribution in [2.45, 2.75) is 13.0 Å². The van der Waals surface area contributed by atoms with Crippen molar-refractivity contribution in [2.24, 2.45) is 0 Å². The van der Waals surface area contributed by atoms with Gasteiger partial charge in [0.2, 0.25) is 5.91 Å². The van der Waals surface area contributed by atoms with Gasteiger partial charge >= 0.3 is 0 Å². The van der Waals surface area contributed by atoms with Crippen LogP contribution < -0.4 is 10.6 Å². The third-order valence-electron chi connectivity index (χ3n) is 3.37. The average molecular weight is 287 g/mol. The van der Waals surface area contributed by atoms with Crippen LogP contribution in [-0.4, -0.2) is 43.0 Å². The molecule has 4 nitrogen and oxygen atoms in total. The predicted molar refractivity (Wildman–Crippen MR) is 68.9 cm³/mol. The Morgan fingerprint density at radius 2 is 1.90 bits per heavy atom. The third-order valence-corrected chi connectivity index (χ3v) is 3.37. The van der Waals surface area contributed by atoms with Gasteiger partial charge in [-0.3, -0.25) is 9.69 Å². The molecule has 0 saturated carbocycles. The first-order chi connectivity index (χ1) is 9.50. The topological polar surface area (TPSA) is 44.4 Å². The molecule has 1 aliphatic heterocycles. The zero-order valence-corrected chi connectivity index (χ0v) is 11.0. The Hall–Kier alpha value is -1.60. The number of amides is 1. The zero-order valence-electron chi connectivity index (χ0n) is 11.0. The van der Waals surface area contributed by atoms with Crippen molar-refractivity contribution in [3.63, 3.8) is 0 Å². The van der Waals surface area contributed by atoms with Gasteiger partial charge in [0.25, 0.3) is 0 Å². The van der Waals surface area contributed by atoms with Gasteiger partial charge in [0, 0.05) is 26.2 Å². The first-order valence-electron chi connectivity index (χ1n) is 6.40. The normalized spacial score (nSPS) is 17.8. The van der Waals surface area contributed by atoms with Crippen LogP contribution >= 0.6 is 0 Å². The molecule has 7 heteroatoms. The molecule has 2 N–H and O–H groups in total. The number of halogens is 3. The van der Waals surface area contributed by atoms with E-state index in [2.05, 4.69) is 10.6 Å². The Morgan fingerprint density at radius 3 is 2.55 bits per heavy atom. The SMILES string of the molecule is CC(C(=O)Nc1ccc(F)c(F)c1F)N1CCNCC1. The van der Waals surface area contributed by atoms with Gasteiger partial charge < -0.3 is 10.6 Å². The molecule has 1 saturated heterocycles. The summed E-state index contributed by atoms with van der Waals surface area (Å²) in [5.74, 6) is -4.70. The first kappa shape index (κ1) is 14.8. The number of piperazine rings is 1. The Morgan fingerprint density at radius 1 is 1.25 bits per heavy atom. The number of rotatable bonds is 3. The molecule has 1 atom stereocenters. The van der Waals surface area contributed by atoms with E-state index in [9.17, 15) is 18.0 Å². The molecule has 1 aromatic carbocycles. The molecule has 2 rings (SSSR count). The van der Waals surface area contributed by atoms with E-state index < -0.39 is 29.4 Å². The summed E-state index contributed by atoms with van der Waals surface area (Å²) in [6, 6.07) is 1.32. The van der Waals surface area contributed by atoms with Crippen molar-refractivity contribution >= 4 is 11.6 Å². The summed E-state index contributed by atoms with van der Waals surface area (Å²) in [6.45, 7) is 4.65. The fourth-order valence-electron chi connectivity index (χ4n) is 2.09. The summed E-state index contributed by atoms with van der Waals surface area (Å²) in [5, 5.41) is 5.45. The van der Waals surface area contributed by atoms with Crippen molar-refractivity contribution in [1.29, 1.82) is 0 Å². The van der Waals surface area contributed by atoms with Crippen LogP contribution in [0.3, 0.4) is 0 Å². The van der Waals surface area contributed by atoms with E-state index in [1.54, 1.807) is 6.92 Å². The Bertz CT molecular complexity index is 504. The second kappa shape index (κ2) is 6.23. The number of anilines is 1. The van der Waals surface area contributed by atoms with Crippen molar-refractivity contribution in [3.8, 4) is 0 Å². The second-order valence-corrected chi connectivity index (χ2v) is 4.67. The van der Waals surface area contributed by atoms with Crippen LogP contribution in [0.5, 0.6) is 0 Å². The molecule has 0 spiro atoms. The predicted octanol–water partition coefficient (Wildman–Crippen LogP) is 1.34. The van der Waals surface area contributed by atoms with Crippen LogP contribution in [0.2, 0.25) is 0 Å². The number of carbonyl (C=O) groups excluding carboxylic acids is 1. The zero-order chi connectivity index (χ0) is 14.7. The summed E-state index contributed by atoms with van der Waals surface area (Å²) in [7, 11) is 0. The van der Waals surface area contributed by atoms with Crippen LogP contribution in [0, 0.1) is 17.5 Å². The van der Waals surface area contributed by atoms with Gasteiger partial charge in [0.1, 0.15) is 0 Å². The second-order valence-electron chi connectivity index (χ2n) is 4.67. The lowest BCUT2D eigenvalue weighted by molar-refractivity contribution is -0.121. The van der Waals surface area contributed by atoms with E-state index in [0.717, 1.165) is 25.2 Å². The number of carbonyl (C=O) groups is 1. The highest BCUT2D eigenvalue weighted by molar-refractivity contribution is 5.94. The van der Waals surface area contributed by atoms with Gasteiger partial charge in [0.15, 0.2) is 17.5 Å². The molecule has 0 bridgehead atoms. The maximum atomic E-state index is 13.5. The Balaban J connectivity index is 2.05. The maximum absolute atomic E-state index is 13.5. The number of nitrogens with one attached hydrogen (secondary N) is 2. The summed E-state index contributed by atoms with van der Waals surface area (Å²) < 4.78 is 39.4. The third kappa shape index (κ3) is 3.10. The fraction of sp³-hybridized carbons (Fsp3) is 0.462. The van der Waals surface area contributed by atoms with Gasteiger partial charge in [-0.2, -0.15) is 0 Å². The molecule has 1 aromatic rings. The molecule has 20 heavy (non-hydrogen) atoms. The van der Waals surface area contributed by atoms with Crippen LogP contribution in [0.25, 0.3) is 0 Å². The van der Waals surface area contributed by atoms with Crippen molar-refractivity contribution in [1.82, 2.24) is 10.2 Å². The molecule has 1 unspecified atom stereocenters. The van der Waals surface area contributed by atoms with E-state index in [0.29, 0.717) is 13.1 Å². The van der Waals surface area contributed by atoms with Gasteiger partial charge in [-0.15, -0.1) is 0 Å². The summed E-state index contributed by atoms with van der Waals surface area (Å²) in [4.78, 5) is 13.9. The smallest absolute Gasteiger partial charge is 0.241 e. The van der Waals surface area contributed by atoms with Crippen LogP contribution in [0.4, 0.5) is 18.9 Å². The minimum Gasteiger partial charge on any atom is -0.322 e. The molecule has 1 heterocycles. The maximum Gasteiger partial charge on any atom is 0.241 e. The minimum atomic E-state index is -1.59. The summed E-state index contributed by atoms with van der Waals surface area (Å²) >= 11 is 0. The van der Waals surface area contributed by atoms with Crippen molar-refractivity contribution in [2.75, 3.05) is 31.5 Å². The van der Waals surface area contributed by atoms with E-state index >= 15 is 0 Å². The lowest BCUT2D eigenvalue weighted by atomic mass is 10.2. The monoisotopic (exact) mass is 287 g/mol. The molecular weight excluding hydrogens is 271 g/mol. The van der Waals surface area contributed by atoms with Crippen LogP contribution in [0.15, 0.2) is 12.1 Å². The number of hydrogen-bond donors (Lipinski definition) is 2. The fourth-order valence-corrected chi connectivity index (χ4v) is 2.09. The van der Waals surface area contributed by atoms with Gasteiger partial charge in [-0.05, 0) is 19.1 Å². The van der Waals surface area contributed by atoms with Crippen molar-refractivity contribution < 1.29 is 18.0 Å². The molecule has 0 radical (unpaired) electrons. The van der Waals surface area contributed by atoms with E-state index in [1.165, 1.54) is 0 Å². The van der Waals surface area contributed by atoms with E-state index in [4.69, 9.17) is 0 Å². The summed E-state index contributed by atoms with van der Waals surface area (Å²) in [6.07, 6.45) is 0. The summed E-state index contributed by atoms with van der Waals surface area (Å²) in [5.41, 5.74) is -0.351. The standard InChI is InChI=1S/C13H16F3N3O/c1-8(19-6-4-17-5-7-19)13(20)18-10-3-2-9(14)11(15)12(10)16/h2-3,8,17H,4-7H2,1H3,(H,18,20). The largest absolute Gasteiger partial charge is 0.322 e. The molecule has 110 valence electrons. The van der Waals surface area contributed by atoms with Gasteiger partial charge in [-0.1, -0.05) is 0 Å². The molecule has 0 aliphatic carbocycles.